The van der Waals surface area contributed by atoms with Gasteiger partial charge in [-0.3, -0.25) is 0 Å². The first-order valence-corrected chi connectivity index (χ1v) is 16.3. The number of aromatic amines is 1. The summed E-state index contributed by atoms with van der Waals surface area (Å²) in [6.45, 7) is 5.12. The molecule has 0 spiro atoms. The minimum Gasteiger partial charge on any atom is -0.493 e. The molecule has 44 heavy (non-hydrogen) atoms. The molecule has 0 aliphatic carbocycles. The Hall–Kier alpha value is -4.70. The molecule has 1 N–H and O–H groups in total. The quantitative estimate of drug-likeness (QED) is 0.106. The van der Waals surface area contributed by atoms with Crippen LogP contribution in [0.1, 0.15) is 26.3 Å². The van der Waals surface area contributed by atoms with E-state index >= 15 is 0 Å². The highest BCUT2D eigenvalue weighted by Crippen LogP contribution is 2.41. The monoisotopic (exact) mass is 646 g/mol. The minimum atomic E-state index is -4.53. The molecule has 0 amide bonds. The number of nitrogens with zero attached hydrogens (tertiary/aromatic N) is 3. The fourth-order valence-corrected chi connectivity index (χ4v) is 5.52. The van der Waals surface area contributed by atoms with Crippen molar-refractivity contribution in [2.45, 2.75) is 41.3 Å². The van der Waals surface area contributed by atoms with Crippen molar-refractivity contribution in [1.29, 1.82) is 0 Å². The summed E-state index contributed by atoms with van der Waals surface area (Å²) >= 11 is 0. The Kier molecular flexibility index (Phi) is 9.44. The number of methoxy groups -OCH3 is 1. The van der Waals surface area contributed by atoms with E-state index in [9.17, 15) is 21.6 Å². The van der Waals surface area contributed by atoms with Gasteiger partial charge >= 0.3 is 12.2 Å². The van der Waals surface area contributed by atoms with Crippen molar-refractivity contribution < 1.29 is 45.3 Å². The maximum Gasteiger partial charge on any atom is 0.516 e. The van der Waals surface area contributed by atoms with Gasteiger partial charge in [0.15, 0.2) is 11.5 Å². The summed E-state index contributed by atoms with van der Waals surface area (Å²) in [5, 5.41) is -1.60. The van der Waals surface area contributed by atoms with Gasteiger partial charge in [-0.1, -0.05) is 45.0 Å². The Morgan fingerprint density at radius 2 is 1.61 bits per heavy atom. The summed E-state index contributed by atoms with van der Waals surface area (Å²) in [6, 6.07) is 12.3. The summed E-state index contributed by atoms with van der Waals surface area (Å²) in [5.74, 6) is -0.764. The van der Waals surface area contributed by atoms with Gasteiger partial charge in [0, 0.05) is 18.6 Å². The molecule has 4 rings (SSSR count). The summed E-state index contributed by atoms with van der Waals surface area (Å²) < 4.78 is 79.9. The maximum atomic E-state index is 14.0. The van der Waals surface area contributed by atoms with Crippen LogP contribution < -0.4 is 18.9 Å². The Bertz CT molecular complexity index is 1840. The summed E-state index contributed by atoms with van der Waals surface area (Å²) in [5.41, 5.74) is 0.614. The highest BCUT2D eigenvalue weighted by molar-refractivity contribution is 7.91. The van der Waals surface area contributed by atoms with Crippen LogP contribution in [0.15, 0.2) is 76.0 Å². The third-order valence-electron chi connectivity index (χ3n) is 5.88. The zero-order valence-electron chi connectivity index (χ0n) is 24.4. The normalized spacial score (nSPS) is 11.9. The van der Waals surface area contributed by atoms with Crippen molar-refractivity contribution in [1.82, 2.24) is 19.9 Å². The molecular formula is C28H30N4O10S2. The number of sulfone groups is 2. The number of aromatic nitrogens is 4. The number of carbonyl (C=O) groups is 1. The molecule has 0 saturated carbocycles. The van der Waals surface area contributed by atoms with Gasteiger partial charge < -0.3 is 28.7 Å². The van der Waals surface area contributed by atoms with Crippen LogP contribution in [-0.2, 0) is 29.8 Å². The number of nitrogens with one attached hydrogen (secondary N) is 1. The summed E-state index contributed by atoms with van der Waals surface area (Å²) in [4.78, 5) is 25.9. The lowest BCUT2D eigenvalue weighted by atomic mass is 9.87. The van der Waals surface area contributed by atoms with Crippen LogP contribution in [0.5, 0.6) is 29.1 Å². The van der Waals surface area contributed by atoms with E-state index in [1.54, 1.807) is 30.3 Å². The molecule has 0 saturated heterocycles. The van der Waals surface area contributed by atoms with E-state index in [0.29, 0.717) is 0 Å². The average molecular weight is 647 g/mol. The van der Waals surface area contributed by atoms with E-state index in [1.807, 2.05) is 20.8 Å². The molecule has 0 fully saturated rings. The van der Waals surface area contributed by atoms with Crippen molar-refractivity contribution in [3.05, 3.63) is 66.5 Å². The lowest BCUT2D eigenvalue weighted by Gasteiger charge is -2.20. The van der Waals surface area contributed by atoms with Crippen LogP contribution in [0.25, 0.3) is 0 Å². The first kappa shape index (κ1) is 32.2. The largest absolute Gasteiger partial charge is 0.516 e. The lowest BCUT2D eigenvalue weighted by molar-refractivity contribution is 0.0808. The Morgan fingerprint density at radius 1 is 0.932 bits per heavy atom. The number of H-pyrrole nitrogens is 1. The predicted molar refractivity (Wildman–Crippen MR) is 155 cm³/mol. The molecule has 16 heteroatoms. The number of ether oxygens (including phenoxy) is 5. The third-order valence-corrected chi connectivity index (χ3v) is 8.40. The zero-order valence-corrected chi connectivity index (χ0v) is 26.1. The molecule has 0 atom stereocenters. The molecule has 0 aliphatic rings. The second kappa shape index (κ2) is 12.9. The number of hydrogen-bond acceptors (Lipinski definition) is 13. The van der Waals surface area contributed by atoms with Crippen LogP contribution in [0, 0.1) is 0 Å². The fraction of sp³-hybridized carbons (Fsp3) is 0.286. The minimum absolute atomic E-state index is 0.0633. The van der Waals surface area contributed by atoms with Gasteiger partial charge in [-0.15, -0.1) is 0 Å². The predicted octanol–water partition coefficient (Wildman–Crippen LogP) is 4.13. The molecule has 234 valence electrons. The molecule has 14 nitrogen and oxygen atoms in total. The van der Waals surface area contributed by atoms with Crippen molar-refractivity contribution in [2.24, 2.45) is 0 Å². The number of imidazole rings is 1. The van der Waals surface area contributed by atoms with Crippen molar-refractivity contribution >= 4 is 25.8 Å². The van der Waals surface area contributed by atoms with Gasteiger partial charge in [0.2, 0.25) is 30.4 Å². The first-order valence-electron chi connectivity index (χ1n) is 13.0. The zero-order chi connectivity index (χ0) is 32.1. The molecule has 2 aromatic heterocycles. The molecule has 0 bridgehead atoms. The number of rotatable bonds is 11. The van der Waals surface area contributed by atoms with Crippen LogP contribution in [0.2, 0.25) is 0 Å². The van der Waals surface area contributed by atoms with Gasteiger partial charge in [-0.2, -0.15) is 4.98 Å². The first-order chi connectivity index (χ1) is 20.7. The van der Waals surface area contributed by atoms with E-state index in [2.05, 4.69) is 19.9 Å². The van der Waals surface area contributed by atoms with E-state index in [-0.39, 0.29) is 27.8 Å². The molecule has 4 aromatic rings. The highest BCUT2D eigenvalue weighted by Gasteiger charge is 2.33. The van der Waals surface area contributed by atoms with Gasteiger partial charge in [0.25, 0.3) is 11.0 Å². The topological polar surface area (TPSA) is 186 Å². The summed E-state index contributed by atoms with van der Waals surface area (Å²) in [6.07, 6.45) is 2.52. The highest BCUT2D eigenvalue weighted by atomic mass is 32.2. The van der Waals surface area contributed by atoms with E-state index in [1.165, 1.54) is 37.7 Å². The van der Waals surface area contributed by atoms with E-state index in [4.69, 9.17) is 23.7 Å². The molecular weight excluding hydrogens is 616 g/mol. The molecule has 2 heterocycles. The second-order valence-electron chi connectivity index (χ2n) is 10.2. The Balaban J connectivity index is 1.77. The van der Waals surface area contributed by atoms with Crippen LogP contribution in [-0.4, -0.2) is 69.5 Å². The number of benzene rings is 2. The van der Waals surface area contributed by atoms with Crippen molar-refractivity contribution in [3.8, 4) is 29.1 Å². The standard InChI is InChI=1S/C28H30N4O10S2/c1-28(2,3)18-10-12-19(13-11-18)44(36,37)24-22(41-21-9-7-6-8-20(21)38-4)23(31-26(32-24)43(5,34)35)39-16-17-40-27(33)42-25-29-14-15-30-25/h6-15H,16-17H2,1-5H3,(H,29,30). The van der Waals surface area contributed by atoms with Crippen LogP contribution in [0.4, 0.5) is 4.79 Å². The van der Waals surface area contributed by atoms with Gasteiger partial charge in [-0.25, -0.2) is 31.6 Å². The molecule has 0 unspecified atom stereocenters. The fourth-order valence-electron chi connectivity index (χ4n) is 3.66. The second-order valence-corrected chi connectivity index (χ2v) is 14.0. The maximum absolute atomic E-state index is 14.0. The molecule has 0 aliphatic heterocycles. The number of para-hydroxylation sites is 2. The van der Waals surface area contributed by atoms with Gasteiger partial charge in [0.05, 0.1) is 12.0 Å². The number of carbonyl (C=O) groups excluding carboxylic acids is 1. The number of hydrogen-bond donors (Lipinski definition) is 1. The van der Waals surface area contributed by atoms with Crippen molar-refractivity contribution in [2.75, 3.05) is 26.6 Å². The lowest BCUT2D eigenvalue weighted by Crippen LogP contribution is -2.18. The van der Waals surface area contributed by atoms with Gasteiger partial charge in [0.1, 0.15) is 13.2 Å². The third kappa shape index (κ3) is 7.62. The van der Waals surface area contributed by atoms with Gasteiger partial charge in [-0.05, 0) is 35.2 Å². The molecule has 2 aromatic carbocycles. The smallest absolute Gasteiger partial charge is 0.493 e. The molecule has 0 radical (unpaired) electrons. The Labute approximate surface area is 254 Å². The average Bonchev–Trinajstić information content (AvgIpc) is 3.48. The Morgan fingerprint density at radius 3 is 2.20 bits per heavy atom. The SMILES string of the molecule is COc1ccccc1Oc1c(OCCOC(=O)Oc2ncc[nH]2)nc(S(C)(=O)=O)nc1S(=O)(=O)c1ccc(C(C)(C)C)cc1. The van der Waals surface area contributed by atoms with Crippen LogP contribution in [0.3, 0.4) is 0 Å². The van der Waals surface area contributed by atoms with E-state index < -0.39 is 60.9 Å². The van der Waals surface area contributed by atoms with E-state index in [0.717, 1.165) is 11.8 Å². The van der Waals surface area contributed by atoms with Crippen molar-refractivity contribution in [3.63, 3.8) is 0 Å². The van der Waals surface area contributed by atoms with Crippen LogP contribution >= 0.6 is 0 Å². The summed E-state index contributed by atoms with van der Waals surface area (Å²) in [7, 11) is -7.30.